The summed E-state index contributed by atoms with van der Waals surface area (Å²) in [5.41, 5.74) is 0.961. The fraction of sp³-hybridized carbons (Fsp3) is 0.733. The molecule has 1 fully saturated rings. The topological polar surface area (TPSA) is 37.8 Å². The Hall–Kier alpha value is -0.830. The van der Waals surface area contributed by atoms with Gasteiger partial charge in [-0.15, -0.1) is 0 Å². The number of nitrogens with one attached hydrogen (secondary N) is 1. The summed E-state index contributed by atoms with van der Waals surface area (Å²) < 4.78 is 0. The van der Waals surface area contributed by atoms with Crippen LogP contribution in [0.1, 0.15) is 63.8 Å². The van der Waals surface area contributed by atoms with Gasteiger partial charge < -0.3 is 5.32 Å². The molecule has 106 valence electrons. The average molecular weight is 282 g/mol. The molecule has 0 aromatic carbocycles. The van der Waals surface area contributed by atoms with Crippen LogP contribution in [0, 0.1) is 12.8 Å². The second kappa shape index (κ2) is 6.08. The molecule has 0 amide bonds. The van der Waals surface area contributed by atoms with E-state index in [2.05, 4.69) is 36.1 Å². The van der Waals surface area contributed by atoms with Crippen LogP contribution in [0.15, 0.2) is 0 Å². The molecule has 1 saturated carbocycles. The maximum Gasteiger partial charge on any atom is 0.137 e. The minimum Gasteiger partial charge on any atom is -0.367 e. The minimum atomic E-state index is 0.416. The van der Waals surface area contributed by atoms with E-state index in [0.29, 0.717) is 17.1 Å². The summed E-state index contributed by atoms with van der Waals surface area (Å²) in [6.45, 7) is 8.70. The summed E-state index contributed by atoms with van der Waals surface area (Å²) in [4.78, 5) is 9.05. The Morgan fingerprint density at radius 1 is 1.21 bits per heavy atom. The number of anilines is 1. The van der Waals surface area contributed by atoms with E-state index in [-0.39, 0.29) is 0 Å². The lowest BCUT2D eigenvalue weighted by molar-refractivity contribution is 0.527. The minimum absolute atomic E-state index is 0.416. The van der Waals surface area contributed by atoms with Crippen LogP contribution in [-0.4, -0.2) is 16.0 Å². The van der Waals surface area contributed by atoms with Crippen molar-refractivity contribution in [2.45, 2.75) is 65.3 Å². The van der Waals surface area contributed by atoms with Gasteiger partial charge in [0.25, 0.3) is 0 Å². The van der Waals surface area contributed by atoms with E-state index < -0.39 is 0 Å². The molecule has 1 aliphatic rings. The van der Waals surface area contributed by atoms with Gasteiger partial charge in [0.05, 0.1) is 0 Å². The molecular weight excluding hydrogens is 258 g/mol. The second-order valence-electron chi connectivity index (χ2n) is 6.14. The Labute approximate surface area is 121 Å². The van der Waals surface area contributed by atoms with Crippen LogP contribution >= 0.6 is 11.6 Å². The largest absolute Gasteiger partial charge is 0.367 e. The highest BCUT2D eigenvalue weighted by atomic mass is 35.5. The fourth-order valence-electron chi connectivity index (χ4n) is 2.06. The lowest BCUT2D eigenvalue weighted by Gasteiger charge is -2.18. The lowest BCUT2D eigenvalue weighted by atomic mass is 10.0. The number of nitrogens with zero attached hydrogens (tertiary/aromatic N) is 2. The Morgan fingerprint density at radius 3 is 2.47 bits per heavy atom. The third-order valence-electron chi connectivity index (χ3n) is 3.61. The Bertz CT molecular complexity index is 441. The van der Waals surface area contributed by atoms with Crippen molar-refractivity contribution in [3.05, 3.63) is 16.5 Å². The van der Waals surface area contributed by atoms with Gasteiger partial charge in [-0.25, -0.2) is 9.97 Å². The molecule has 1 aromatic rings. The fourth-order valence-corrected chi connectivity index (χ4v) is 2.24. The number of halogens is 1. The molecule has 3 nitrogen and oxygen atoms in total. The third-order valence-corrected chi connectivity index (χ3v) is 3.97. The van der Waals surface area contributed by atoms with Crippen molar-refractivity contribution < 1.29 is 0 Å². The van der Waals surface area contributed by atoms with Crippen LogP contribution in [0.2, 0.25) is 5.15 Å². The number of hydrogen-bond acceptors (Lipinski definition) is 3. The molecule has 0 saturated heterocycles. The van der Waals surface area contributed by atoms with Crippen molar-refractivity contribution in [1.29, 1.82) is 0 Å². The van der Waals surface area contributed by atoms with Gasteiger partial charge in [0, 0.05) is 17.5 Å². The van der Waals surface area contributed by atoms with Gasteiger partial charge in [0.15, 0.2) is 0 Å². The van der Waals surface area contributed by atoms with Crippen LogP contribution in [0.3, 0.4) is 0 Å². The quantitative estimate of drug-likeness (QED) is 0.777. The zero-order valence-electron chi connectivity index (χ0n) is 12.3. The Morgan fingerprint density at radius 2 is 1.89 bits per heavy atom. The highest BCUT2D eigenvalue weighted by molar-refractivity contribution is 6.30. The normalized spacial score (nSPS) is 16.7. The van der Waals surface area contributed by atoms with E-state index in [1.165, 1.54) is 19.3 Å². The van der Waals surface area contributed by atoms with Gasteiger partial charge in [-0.05, 0) is 45.4 Å². The summed E-state index contributed by atoms with van der Waals surface area (Å²) in [5.74, 6) is 3.10. The number of aromatic nitrogens is 2. The van der Waals surface area contributed by atoms with Gasteiger partial charge in [-0.3, -0.25) is 0 Å². The summed E-state index contributed by atoms with van der Waals surface area (Å²) >= 11 is 6.21. The van der Waals surface area contributed by atoms with Gasteiger partial charge in [0.2, 0.25) is 0 Å². The standard InChI is InChI=1S/C15H24ClN3/c1-9(2)5-6-10(3)17-14-11(4)13(16)18-15(19-14)12-7-8-12/h9-10,12H,5-8H2,1-4H3,(H,17,18,19). The first-order chi connectivity index (χ1) is 8.97. The lowest BCUT2D eigenvalue weighted by Crippen LogP contribution is -2.18. The van der Waals surface area contributed by atoms with Crippen molar-refractivity contribution in [3.63, 3.8) is 0 Å². The smallest absolute Gasteiger partial charge is 0.137 e. The van der Waals surface area contributed by atoms with E-state index in [9.17, 15) is 0 Å². The molecule has 0 spiro atoms. The molecule has 1 aliphatic carbocycles. The highest BCUT2D eigenvalue weighted by Crippen LogP contribution is 2.39. The van der Waals surface area contributed by atoms with Gasteiger partial charge in [-0.2, -0.15) is 0 Å². The Kier molecular flexibility index (Phi) is 4.67. The zero-order chi connectivity index (χ0) is 14.0. The maximum absolute atomic E-state index is 6.21. The maximum atomic E-state index is 6.21. The van der Waals surface area contributed by atoms with Crippen LogP contribution in [0.25, 0.3) is 0 Å². The zero-order valence-corrected chi connectivity index (χ0v) is 13.1. The van der Waals surface area contributed by atoms with Gasteiger partial charge in [-0.1, -0.05) is 25.4 Å². The molecule has 0 aliphatic heterocycles. The summed E-state index contributed by atoms with van der Waals surface area (Å²) in [7, 11) is 0. The van der Waals surface area contributed by atoms with E-state index in [1.807, 2.05) is 6.92 Å². The Balaban J connectivity index is 2.05. The predicted octanol–water partition coefficient (Wildman–Crippen LogP) is 4.55. The van der Waals surface area contributed by atoms with Crippen molar-refractivity contribution in [3.8, 4) is 0 Å². The van der Waals surface area contributed by atoms with Crippen LogP contribution in [0.5, 0.6) is 0 Å². The van der Waals surface area contributed by atoms with E-state index in [1.54, 1.807) is 0 Å². The van der Waals surface area contributed by atoms with Crippen molar-refractivity contribution >= 4 is 17.4 Å². The predicted molar refractivity (Wildman–Crippen MR) is 80.9 cm³/mol. The van der Waals surface area contributed by atoms with Gasteiger partial charge >= 0.3 is 0 Å². The SMILES string of the molecule is Cc1c(Cl)nc(C2CC2)nc1NC(C)CCC(C)C. The molecule has 19 heavy (non-hydrogen) atoms. The molecule has 1 N–H and O–H groups in total. The molecule has 0 radical (unpaired) electrons. The van der Waals surface area contributed by atoms with Gasteiger partial charge in [0.1, 0.15) is 16.8 Å². The summed E-state index contributed by atoms with van der Waals surface area (Å²) in [6.07, 6.45) is 4.77. The molecule has 1 unspecified atom stereocenters. The summed E-state index contributed by atoms with van der Waals surface area (Å²) in [6, 6.07) is 0.416. The van der Waals surface area contributed by atoms with Crippen molar-refractivity contribution in [2.75, 3.05) is 5.32 Å². The third kappa shape index (κ3) is 4.07. The monoisotopic (exact) mass is 281 g/mol. The molecule has 1 aromatic heterocycles. The molecular formula is C15H24ClN3. The summed E-state index contributed by atoms with van der Waals surface area (Å²) in [5, 5.41) is 4.09. The van der Waals surface area contributed by atoms with Crippen LogP contribution in [0.4, 0.5) is 5.82 Å². The average Bonchev–Trinajstić information content (AvgIpc) is 3.16. The highest BCUT2D eigenvalue weighted by Gasteiger charge is 2.28. The van der Waals surface area contributed by atoms with Crippen molar-refractivity contribution in [2.24, 2.45) is 5.92 Å². The van der Waals surface area contributed by atoms with Crippen LogP contribution < -0.4 is 5.32 Å². The second-order valence-corrected chi connectivity index (χ2v) is 6.50. The van der Waals surface area contributed by atoms with Crippen LogP contribution in [-0.2, 0) is 0 Å². The first-order valence-corrected chi connectivity index (χ1v) is 7.65. The van der Waals surface area contributed by atoms with E-state index in [0.717, 1.165) is 29.5 Å². The first-order valence-electron chi connectivity index (χ1n) is 7.28. The number of hydrogen-bond donors (Lipinski definition) is 1. The molecule has 1 heterocycles. The van der Waals surface area contributed by atoms with E-state index >= 15 is 0 Å². The van der Waals surface area contributed by atoms with E-state index in [4.69, 9.17) is 11.6 Å². The number of rotatable bonds is 6. The molecule has 4 heteroatoms. The molecule has 0 bridgehead atoms. The van der Waals surface area contributed by atoms with Crippen molar-refractivity contribution in [1.82, 2.24) is 9.97 Å². The molecule has 2 rings (SSSR count). The molecule has 1 atom stereocenters. The first kappa shape index (κ1) is 14.6.